The van der Waals surface area contributed by atoms with Gasteiger partial charge < -0.3 is 29.5 Å². The third kappa shape index (κ3) is 12.4. The number of ether oxygens (including phenoxy) is 3. The fourth-order valence-electron chi connectivity index (χ4n) is 5.06. The van der Waals surface area contributed by atoms with Crippen LogP contribution in [0.4, 0.5) is 0 Å². The molecule has 0 amide bonds. The molecule has 0 unspecified atom stereocenters. The first-order valence-electron chi connectivity index (χ1n) is 14.3. The van der Waals surface area contributed by atoms with Gasteiger partial charge in [0.15, 0.2) is 0 Å². The summed E-state index contributed by atoms with van der Waals surface area (Å²) in [4.78, 5) is 24.2. The van der Waals surface area contributed by atoms with Crippen LogP contribution in [0, 0.1) is 23.7 Å². The van der Waals surface area contributed by atoms with Crippen LogP contribution in [0.25, 0.3) is 0 Å². The van der Waals surface area contributed by atoms with E-state index in [0.717, 1.165) is 12.0 Å². The van der Waals surface area contributed by atoms with Gasteiger partial charge in [-0.3, -0.25) is 9.59 Å². The second kappa shape index (κ2) is 17.6. The van der Waals surface area contributed by atoms with Crippen LogP contribution >= 0.6 is 0 Å². The number of cyclic esters (lactones) is 1. The van der Waals surface area contributed by atoms with Crippen LogP contribution in [0.1, 0.15) is 80.6 Å². The van der Waals surface area contributed by atoms with E-state index >= 15 is 0 Å². The second-order valence-electron chi connectivity index (χ2n) is 11.2. The fraction of sp³-hybridized carbons (Fsp3) is 0.742. The molecule has 39 heavy (non-hydrogen) atoms. The molecule has 224 valence electrons. The summed E-state index contributed by atoms with van der Waals surface area (Å²) < 4.78 is 16.7. The lowest BCUT2D eigenvalue weighted by atomic mass is 9.89. The number of allylic oxidation sites excluding steroid dienone is 2. The highest BCUT2D eigenvalue weighted by Crippen LogP contribution is 2.25. The smallest absolute Gasteiger partial charge is 0.309 e. The molecule has 0 saturated carbocycles. The fourth-order valence-corrected chi connectivity index (χ4v) is 5.06. The first kappa shape index (κ1) is 35.0. The van der Waals surface area contributed by atoms with Crippen LogP contribution in [0.3, 0.4) is 0 Å². The van der Waals surface area contributed by atoms with Gasteiger partial charge in [0.05, 0.1) is 30.8 Å². The van der Waals surface area contributed by atoms with Gasteiger partial charge in [-0.25, -0.2) is 0 Å². The summed E-state index contributed by atoms with van der Waals surface area (Å²) in [5.41, 5.74) is 0.780. The molecular weight excluding hydrogens is 500 g/mol. The maximum absolute atomic E-state index is 12.6. The van der Waals surface area contributed by atoms with Crippen LogP contribution in [0.2, 0.25) is 0 Å². The Labute approximate surface area is 235 Å². The molecule has 1 heterocycles. The number of hydrogen-bond acceptors (Lipinski definition) is 8. The standard InChI is InChI=1S/C31H52O8/c1-9-27(37-8)23(6)17-26(34)30(36)20(3)11-10-12-21(4)31-22(5)14-16-28(38-24(7)32)19(2)13-15-25(33)18-29(35)39-31/h10-12,14,16,19-20,22-23,25-28,30-31,33-34,36H,9,13,15,17-18H2,1-8H3/b11-10+,16-14+,21-12+/t19-,20-,22-,23-,25+,26-,27-,28-,30+,31+/m0/s1. The Balaban J connectivity index is 3.03. The second-order valence-corrected chi connectivity index (χ2v) is 11.2. The summed E-state index contributed by atoms with van der Waals surface area (Å²) in [5, 5.41) is 31.6. The highest BCUT2D eigenvalue weighted by Gasteiger charge is 2.28. The van der Waals surface area contributed by atoms with Crippen molar-refractivity contribution in [3.05, 3.63) is 36.0 Å². The molecule has 3 N–H and O–H groups in total. The van der Waals surface area contributed by atoms with Gasteiger partial charge >= 0.3 is 11.9 Å². The van der Waals surface area contributed by atoms with E-state index in [-0.39, 0.29) is 42.2 Å². The van der Waals surface area contributed by atoms with Crippen LogP contribution in [-0.2, 0) is 23.8 Å². The highest BCUT2D eigenvalue weighted by atomic mass is 16.5. The molecule has 1 aliphatic rings. The van der Waals surface area contributed by atoms with Crippen molar-refractivity contribution in [1.82, 2.24) is 0 Å². The molecule has 0 aromatic heterocycles. The Morgan fingerprint density at radius 3 is 2.44 bits per heavy atom. The minimum atomic E-state index is -0.936. The SMILES string of the molecule is CC[C@H](OC)[C@@H](C)C[C@H](O)[C@H](O)[C@@H](C)/C=C/C=C(\C)[C@H]1OC(=O)C[C@H](O)CC[C@H](C)[C@@H](OC(C)=O)/C=C/[C@@H]1C. The van der Waals surface area contributed by atoms with Crippen LogP contribution in [0.5, 0.6) is 0 Å². The number of carbonyl (C=O) groups is 2. The molecule has 8 heteroatoms. The van der Waals surface area contributed by atoms with E-state index in [4.69, 9.17) is 14.2 Å². The molecule has 0 bridgehead atoms. The Bertz CT molecular complexity index is 830. The molecule has 8 nitrogen and oxygen atoms in total. The number of rotatable bonds is 11. The van der Waals surface area contributed by atoms with Gasteiger partial charge in [0.25, 0.3) is 0 Å². The largest absolute Gasteiger partial charge is 0.458 e. The van der Waals surface area contributed by atoms with E-state index in [9.17, 15) is 24.9 Å². The molecule has 0 aromatic carbocycles. The molecule has 0 fully saturated rings. The van der Waals surface area contributed by atoms with Crippen molar-refractivity contribution in [3.63, 3.8) is 0 Å². The lowest BCUT2D eigenvalue weighted by Crippen LogP contribution is -2.35. The minimum absolute atomic E-state index is 0.0194. The van der Waals surface area contributed by atoms with Gasteiger partial charge in [-0.2, -0.15) is 0 Å². The molecule has 0 aliphatic carbocycles. The van der Waals surface area contributed by atoms with Crippen molar-refractivity contribution < 1.29 is 39.1 Å². The number of aliphatic hydroxyl groups is 3. The summed E-state index contributed by atoms with van der Waals surface area (Å²) in [6, 6.07) is 0. The van der Waals surface area contributed by atoms with E-state index < -0.39 is 36.5 Å². The van der Waals surface area contributed by atoms with Gasteiger partial charge in [0.2, 0.25) is 0 Å². The third-order valence-electron chi connectivity index (χ3n) is 7.67. The summed E-state index contributed by atoms with van der Waals surface area (Å²) in [6.07, 6.45) is 7.66. The zero-order valence-electron chi connectivity index (χ0n) is 25.1. The molecule has 0 spiro atoms. The summed E-state index contributed by atoms with van der Waals surface area (Å²) in [7, 11) is 1.66. The lowest BCUT2D eigenvalue weighted by Gasteiger charge is -2.28. The van der Waals surface area contributed by atoms with Gasteiger partial charge in [-0.1, -0.05) is 58.9 Å². The Morgan fingerprint density at radius 2 is 1.85 bits per heavy atom. The van der Waals surface area contributed by atoms with E-state index in [2.05, 4.69) is 0 Å². The van der Waals surface area contributed by atoms with E-state index in [0.29, 0.717) is 19.3 Å². The first-order chi connectivity index (χ1) is 18.3. The van der Waals surface area contributed by atoms with Gasteiger partial charge in [0.1, 0.15) is 12.2 Å². The number of aliphatic hydroxyl groups excluding tert-OH is 3. The van der Waals surface area contributed by atoms with Crippen molar-refractivity contribution in [1.29, 1.82) is 0 Å². The lowest BCUT2D eigenvalue weighted by molar-refractivity contribution is -0.151. The summed E-state index contributed by atoms with van der Waals surface area (Å²) in [5.74, 6) is -1.29. The number of hydrogen-bond donors (Lipinski definition) is 3. The zero-order chi connectivity index (χ0) is 29.7. The molecule has 1 aliphatic heterocycles. The molecular formula is C31H52O8. The molecule has 0 saturated heterocycles. The molecule has 0 aromatic rings. The van der Waals surface area contributed by atoms with Crippen LogP contribution in [-0.4, -0.2) is 71.0 Å². The highest BCUT2D eigenvalue weighted by molar-refractivity contribution is 5.70. The average molecular weight is 553 g/mol. The van der Waals surface area contributed by atoms with Crippen LogP contribution < -0.4 is 0 Å². The summed E-state index contributed by atoms with van der Waals surface area (Å²) in [6.45, 7) is 13.0. The molecule has 0 radical (unpaired) electrons. The molecule has 10 atom stereocenters. The molecule has 1 rings (SSSR count). The maximum atomic E-state index is 12.6. The Hall–Kier alpha value is -2.00. The Morgan fingerprint density at radius 1 is 1.18 bits per heavy atom. The number of esters is 2. The monoisotopic (exact) mass is 552 g/mol. The quantitative estimate of drug-likeness (QED) is 0.194. The predicted octanol–water partition coefficient (Wildman–Crippen LogP) is 4.51. The van der Waals surface area contributed by atoms with E-state index in [1.807, 2.05) is 65.8 Å². The topological polar surface area (TPSA) is 123 Å². The Kier molecular flexibility index (Phi) is 15.8. The van der Waals surface area contributed by atoms with Gasteiger partial charge in [-0.05, 0) is 56.1 Å². The van der Waals surface area contributed by atoms with E-state index in [1.54, 1.807) is 13.2 Å². The van der Waals surface area contributed by atoms with Gasteiger partial charge in [-0.15, -0.1) is 0 Å². The van der Waals surface area contributed by atoms with Crippen molar-refractivity contribution >= 4 is 11.9 Å². The van der Waals surface area contributed by atoms with Crippen LogP contribution in [0.15, 0.2) is 36.0 Å². The van der Waals surface area contributed by atoms with E-state index in [1.165, 1.54) is 6.92 Å². The summed E-state index contributed by atoms with van der Waals surface area (Å²) >= 11 is 0. The number of carbonyl (C=O) groups excluding carboxylic acids is 2. The number of methoxy groups -OCH3 is 1. The zero-order valence-corrected chi connectivity index (χ0v) is 25.1. The predicted molar refractivity (Wildman–Crippen MR) is 152 cm³/mol. The van der Waals surface area contributed by atoms with Crippen molar-refractivity contribution in [3.8, 4) is 0 Å². The van der Waals surface area contributed by atoms with Gasteiger partial charge in [0, 0.05) is 25.9 Å². The average Bonchev–Trinajstić information content (AvgIpc) is 2.87. The maximum Gasteiger partial charge on any atom is 0.309 e. The van der Waals surface area contributed by atoms with Crippen molar-refractivity contribution in [2.24, 2.45) is 23.7 Å². The first-order valence-corrected chi connectivity index (χ1v) is 14.3. The third-order valence-corrected chi connectivity index (χ3v) is 7.67. The van der Waals surface area contributed by atoms with Crippen molar-refractivity contribution in [2.75, 3.05) is 7.11 Å². The van der Waals surface area contributed by atoms with Crippen molar-refractivity contribution in [2.45, 2.75) is 117 Å². The minimum Gasteiger partial charge on any atom is -0.458 e. The normalized spacial score (nSPS) is 30.3.